The van der Waals surface area contributed by atoms with Crippen LogP contribution in [0, 0.1) is 0 Å². The number of fused-ring (bicyclic) bond motifs is 2. The molecule has 0 aliphatic carbocycles. The molecule has 3 atom stereocenters. The first-order chi connectivity index (χ1) is 17.5. The summed E-state index contributed by atoms with van der Waals surface area (Å²) >= 11 is 1.63. The van der Waals surface area contributed by atoms with Gasteiger partial charge in [-0.05, 0) is 44.0 Å². The van der Waals surface area contributed by atoms with Crippen molar-refractivity contribution in [1.82, 2.24) is 30.1 Å². The van der Waals surface area contributed by atoms with E-state index in [2.05, 4.69) is 61.8 Å². The minimum atomic E-state index is 0.188. The van der Waals surface area contributed by atoms with Gasteiger partial charge in [0, 0.05) is 55.9 Å². The number of amides is 1. The molecule has 0 spiro atoms. The van der Waals surface area contributed by atoms with Crippen molar-refractivity contribution in [3.63, 3.8) is 0 Å². The van der Waals surface area contributed by atoms with Gasteiger partial charge in [0.25, 0.3) is 0 Å². The molecular weight excluding hydrogens is 472 g/mol. The normalized spacial score (nSPS) is 24.3. The summed E-state index contributed by atoms with van der Waals surface area (Å²) in [4.78, 5) is 30.6. The first kappa shape index (κ1) is 23.3. The lowest BCUT2D eigenvalue weighted by atomic mass is 9.97. The van der Waals surface area contributed by atoms with Crippen molar-refractivity contribution < 1.29 is 4.79 Å². The highest BCUT2D eigenvalue weighted by Gasteiger charge is 2.31. The largest absolute Gasteiger partial charge is 0.363 e. The third kappa shape index (κ3) is 4.80. The van der Waals surface area contributed by atoms with Gasteiger partial charge in [-0.15, -0.1) is 11.3 Å². The van der Waals surface area contributed by atoms with Crippen molar-refractivity contribution in [2.75, 3.05) is 43.4 Å². The maximum Gasteiger partial charge on any atom is 0.237 e. The Morgan fingerprint density at radius 3 is 2.86 bits per heavy atom. The standard InChI is InChI=1S/C26H32N8OS/c1-16-11-33(12-17(2)30-16)13-24(35)34-7-5-18(6-8-34)22-10-20-25(27-14-28-26(20)32-22)31-19-3-4-21-23(9-19)36-15-29-21/h3-5,9,14-17,22,30H,6-8,10-13H2,1-2H3,(H2,27,28,31,32). The number of piperazine rings is 1. The predicted octanol–water partition coefficient (Wildman–Crippen LogP) is 3.01. The molecule has 188 valence electrons. The van der Waals surface area contributed by atoms with Crippen molar-refractivity contribution in [1.29, 1.82) is 0 Å². The van der Waals surface area contributed by atoms with E-state index in [1.165, 1.54) is 5.57 Å². The van der Waals surface area contributed by atoms with Crippen LogP contribution >= 0.6 is 11.3 Å². The van der Waals surface area contributed by atoms with E-state index in [9.17, 15) is 4.79 Å². The quantitative estimate of drug-likeness (QED) is 0.456. The monoisotopic (exact) mass is 504 g/mol. The summed E-state index contributed by atoms with van der Waals surface area (Å²) in [6, 6.07) is 7.20. The molecule has 3 aromatic rings. The summed E-state index contributed by atoms with van der Waals surface area (Å²) < 4.78 is 1.15. The van der Waals surface area contributed by atoms with E-state index in [1.54, 1.807) is 17.7 Å². The fourth-order valence-corrected chi connectivity index (χ4v) is 6.36. The Morgan fingerprint density at radius 2 is 2.06 bits per heavy atom. The molecule has 1 fully saturated rings. The minimum absolute atomic E-state index is 0.188. The third-order valence-electron chi connectivity index (χ3n) is 7.30. The van der Waals surface area contributed by atoms with E-state index >= 15 is 0 Å². The predicted molar refractivity (Wildman–Crippen MR) is 144 cm³/mol. The first-order valence-corrected chi connectivity index (χ1v) is 13.6. The second-order valence-corrected chi connectivity index (χ2v) is 11.0. The van der Waals surface area contributed by atoms with Crippen molar-refractivity contribution >= 4 is 44.8 Å². The molecule has 1 amide bonds. The van der Waals surface area contributed by atoms with Crippen LogP contribution in [0.2, 0.25) is 0 Å². The summed E-state index contributed by atoms with van der Waals surface area (Å²) in [5.74, 6) is 1.95. The maximum absolute atomic E-state index is 13.0. The van der Waals surface area contributed by atoms with Gasteiger partial charge in [0.05, 0.1) is 28.3 Å². The van der Waals surface area contributed by atoms with Crippen LogP contribution in [0.4, 0.5) is 17.3 Å². The van der Waals surface area contributed by atoms with E-state index in [4.69, 9.17) is 0 Å². The van der Waals surface area contributed by atoms with E-state index in [0.717, 1.165) is 65.6 Å². The molecular formula is C26H32N8OS. The Bertz CT molecular complexity index is 1300. The molecule has 36 heavy (non-hydrogen) atoms. The van der Waals surface area contributed by atoms with Crippen molar-refractivity contribution in [2.24, 2.45) is 0 Å². The lowest BCUT2D eigenvalue weighted by Crippen LogP contribution is -2.56. The highest BCUT2D eigenvalue weighted by molar-refractivity contribution is 7.16. The first-order valence-electron chi connectivity index (χ1n) is 12.7. The second kappa shape index (κ2) is 9.76. The van der Waals surface area contributed by atoms with Gasteiger partial charge in [-0.1, -0.05) is 6.08 Å². The highest BCUT2D eigenvalue weighted by atomic mass is 32.1. The van der Waals surface area contributed by atoms with Gasteiger partial charge < -0.3 is 20.9 Å². The van der Waals surface area contributed by atoms with Crippen LogP contribution in [0.25, 0.3) is 10.2 Å². The van der Waals surface area contributed by atoms with Crippen molar-refractivity contribution in [2.45, 2.75) is 44.8 Å². The Morgan fingerprint density at radius 1 is 1.19 bits per heavy atom. The molecule has 6 rings (SSSR count). The topological polar surface area (TPSA) is 98.3 Å². The molecule has 9 nitrogen and oxygen atoms in total. The van der Waals surface area contributed by atoms with Crippen LogP contribution in [-0.2, 0) is 11.2 Å². The SMILES string of the molecule is CC1CN(CC(=O)N2CC=C(C3Cc4c(Nc5ccc6ncsc6c5)ncnc4N3)CC2)CC(C)N1. The molecule has 5 heterocycles. The third-order valence-corrected chi connectivity index (χ3v) is 8.09. The van der Waals surface area contributed by atoms with Gasteiger partial charge in [-0.25, -0.2) is 15.0 Å². The van der Waals surface area contributed by atoms with Crippen LogP contribution in [0.1, 0.15) is 25.8 Å². The number of nitrogens with one attached hydrogen (secondary N) is 3. The second-order valence-electron chi connectivity index (χ2n) is 10.1. The molecule has 3 aliphatic rings. The zero-order valence-corrected chi connectivity index (χ0v) is 21.5. The molecule has 1 aromatic carbocycles. The number of thiazole rings is 1. The summed E-state index contributed by atoms with van der Waals surface area (Å²) in [6.45, 7) is 8.15. The Kier molecular flexibility index (Phi) is 6.32. The summed E-state index contributed by atoms with van der Waals surface area (Å²) in [5.41, 5.74) is 6.32. The molecule has 0 saturated carbocycles. The molecule has 1 saturated heterocycles. The number of carbonyl (C=O) groups is 1. The molecule has 10 heteroatoms. The molecule has 0 bridgehead atoms. The molecule has 3 N–H and O–H groups in total. The zero-order valence-electron chi connectivity index (χ0n) is 20.7. The average Bonchev–Trinajstić information content (AvgIpc) is 3.51. The summed E-state index contributed by atoms with van der Waals surface area (Å²) in [7, 11) is 0. The minimum Gasteiger partial charge on any atom is -0.363 e. The van der Waals surface area contributed by atoms with E-state index < -0.39 is 0 Å². The number of benzene rings is 1. The lowest BCUT2D eigenvalue weighted by Gasteiger charge is -2.37. The Labute approximate surface area is 215 Å². The molecule has 0 radical (unpaired) electrons. The van der Waals surface area contributed by atoms with Gasteiger partial charge in [-0.3, -0.25) is 9.69 Å². The van der Waals surface area contributed by atoms with Crippen LogP contribution < -0.4 is 16.0 Å². The molecule has 3 unspecified atom stereocenters. The van der Waals surface area contributed by atoms with E-state index in [1.807, 2.05) is 22.5 Å². The number of hydrogen-bond acceptors (Lipinski definition) is 9. The van der Waals surface area contributed by atoms with Crippen LogP contribution in [0.5, 0.6) is 0 Å². The van der Waals surface area contributed by atoms with Crippen LogP contribution in [0.15, 0.2) is 41.7 Å². The fourth-order valence-electron chi connectivity index (χ4n) is 5.64. The fraction of sp³-hybridized carbons (Fsp3) is 0.462. The van der Waals surface area contributed by atoms with E-state index in [-0.39, 0.29) is 11.9 Å². The van der Waals surface area contributed by atoms with Gasteiger partial charge in [0.2, 0.25) is 5.91 Å². The van der Waals surface area contributed by atoms with Gasteiger partial charge >= 0.3 is 0 Å². The summed E-state index contributed by atoms with van der Waals surface area (Å²) in [6.07, 6.45) is 5.54. The zero-order chi connectivity index (χ0) is 24.6. The smallest absolute Gasteiger partial charge is 0.237 e. The maximum atomic E-state index is 13.0. The lowest BCUT2D eigenvalue weighted by molar-refractivity contribution is -0.132. The highest BCUT2D eigenvalue weighted by Crippen LogP contribution is 2.34. The number of anilines is 3. The number of rotatable bonds is 5. The average molecular weight is 505 g/mol. The Balaban J connectivity index is 1.09. The van der Waals surface area contributed by atoms with E-state index in [0.29, 0.717) is 25.2 Å². The molecule has 3 aliphatic heterocycles. The number of nitrogens with zero attached hydrogens (tertiary/aromatic N) is 5. The van der Waals surface area contributed by atoms with Crippen molar-refractivity contribution in [3.8, 4) is 0 Å². The van der Waals surface area contributed by atoms with Gasteiger partial charge in [0.15, 0.2) is 0 Å². The van der Waals surface area contributed by atoms with Crippen LogP contribution in [0.3, 0.4) is 0 Å². The number of hydrogen-bond donors (Lipinski definition) is 3. The van der Waals surface area contributed by atoms with Crippen molar-refractivity contribution in [3.05, 3.63) is 47.2 Å². The molecule has 2 aromatic heterocycles. The van der Waals surface area contributed by atoms with Gasteiger partial charge in [0.1, 0.15) is 18.0 Å². The summed E-state index contributed by atoms with van der Waals surface area (Å²) in [5, 5.41) is 10.6. The van der Waals surface area contributed by atoms with Gasteiger partial charge in [-0.2, -0.15) is 0 Å². The number of aromatic nitrogens is 3. The number of carbonyl (C=O) groups excluding carboxylic acids is 1. The van der Waals surface area contributed by atoms with Crippen LogP contribution in [-0.4, -0.2) is 81.5 Å². The Hall–Kier alpha value is -3.08.